The Morgan fingerprint density at radius 2 is 2.13 bits per heavy atom. The SMILES string of the molecule is Cn1nccc1C(=O)N[C@H]1CCCN(Cc2ccc(Cl)cc2)C1. The Balaban J connectivity index is 1.56. The molecule has 0 saturated carbocycles. The molecule has 1 aromatic carbocycles. The summed E-state index contributed by atoms with van der Waals surface area (Å²) in [6.07, 6.45) is 3.74. The van der Waals surface area contributed by atoms with Gasteiger partial charge in [-0.05, 0) is 43.1 Å². The van der Waals surface area contributed by atoms with E-state index < -0.39 is 0 Å². The lowest BCUT2D eigenvalue weighted by atomic mass is 10.0. The summed E-state index contributed by atoms with van der Waals surface area (Å²) in [5.41, 5.74) is 1.84. The van der Waals surface area contributed by atoms with Crippen LogP contribution in [0.25, 0.3) is 0 Å². The molecule has 1 atom stereocenters. The minimum absolute atomic E-state index is 0.0525. The number of piperidine rings is 1. The smallest absolute Gasteiger partial charge is 0.269 e. The van der Waals surface area contributed by atoms with Crippen molar-refractivity contribution < 1.29 is 4.79 Å². The number of benzene rings is 1. The number of nitrogens with zero attached hydrogens (tertiary/aromatic N) is 3. The predicted octanol–water partition coefficient (Wildman–Crippen LogP) is 2.47. The van der Waals surface area contributed by atoms with Gasteiger partial charge in [0.25, 0.3) is 5.91 Å². The summed E-state index contributed by atoms with van der Waals surface area (Å²) in [6.45, 7) is 2.81. The second kappa shape index (κ2) is 7.15. The van der Waals surface area contributed by atoms with E-state index >= 15 is 0 Å². The van der Waals surface area contributed by atoms with Crippen molar-refractivity contribution >= 4 is 17.5 Å². The fourth-order valence-electron chi connectivity index (χ4n) is 3.02. The molecule has 122 valence electrons. The number of likely N-dealkylation sites (tertiary alicyclic amines) is 1. The molecule has 6 heteroatoms. The third-order valence-electron chi connectivity index (χ3n) is 4.21. The molecule has 1 N–H and O–H groups in total. The third kappa shape index (κ3) is 4.12. The molecule has 1 aliphatic rings. The summed E-state index contributed by atoms with van der Waals surface area (Å²) in [6, 6.07) is 9.87. The van der Waals surface area contributed by atoms with Crippen LogP contribution >= 0.6 is 11.6 Å². The van der Waals surface area contributed by atoms with Crippen molar-refractivity contribution in [1.82, 2.24) is 20.0 Å². The van der Waals surface area contributed by atoms with E-state index in [1.165, 1.54) is 5.56 Å². The highest BCUT2D eigenvalue weighted by Crippen LogP contribution is 2.16. The van der Waals surface area contributed by atoms with E-state index in [4.69, 9.17) is 11.6 Å². The van der Waals surface area contributed by atoms with Gasteiger partial charge in [-0.25, -0.2) is 0 Å². The Morgan fingerprint density at radius 3 is 2.83 bits per heavy atom. The largest absolute Gasteiger partial charge is 0.347 e. The van der Waals surface area contributed by atoms with Gasteiger partial charge in [-0.3, -0.25) is 14.4 Å². The molecule has 1 fully saturated rings. The van der Waals surface area contributed by atoms with Crippen LogP contribution in [0.4, 0.5) is 0 Å². The van der Waals surface area contributed by atoms with Crippen LogP contribution in [0, 0.1) is 0 Å². The lowest BCUT2D eigenvalue weighted by Crippen LogP contribution is -2.47. The van der Waals surface area contributed by atoms with Crippen LogP contribution in [0.15, 0.2) is 36.5 Å². The normalized spacial score (nSPS) is 18.8. The van der Waals surface area contributed by atoms with Crippen LogP contribution in [0.5, 0.6) is 0 Å². The Hall–Kier alpha value is -1.85. The zero-order valence-corrected chi connectivity index (χ0v) is 14.0. The number of carbonyl (C=O) groups is 1. The summed E-state index contributed by atoms with van der Waals surface area (Å²) in [7, 11) is 1.78. The molecule has 2 aromatic rings. The number of amides is 1. The summed E-state index contributed by atoms with van der Waals surface area (Å²) in [5, 5.41) is 7.93. The van der Waals surface area contributed by atoms with Crippen LogP contribution in [0.1, 0.15) is 28.9 Å². The highest BCUT2D eigenvalue weighted by atomic mass is 35.5. The van der Waals surface area contributed by atoms with Crippen molar-refractivity contribution in [2.45, 2.75) is 25.4 Å². The highest BCUT2D eigenvalue weighted by Gasteiger charge is 2.22. The first-order valence-electron chi connectivity index (χ1n) is 7.87. The van der Waals surface area contributed by atoms with Gasteiger partial charge in [0.05, 0.1) is 0 Å². The molecule has 1 saturated heterocycles. The molecule has 0 unspecified atom stereocenters. The molecule has 5 nitrogen and oxygen atoms in total. The van der Waals surface area contributed by atoms with Crippen LogP contribution in [0.2, 0.25) is 5.02 Å². The minimum Gasteiger partial charge on any atom is -0.347 e. The molecule has 0 bridgehead atoms. The summed E-state index contributed by atoms with van der Waals surface area (Å²) in [5.74, 6) is -0.0525. The second-order valence-electron chi connectivity index (χ2n) is 6.01. The zero-order valence-electron chi connectivity index (χ0n) is 13.2. The van der Waals surface area contributed by atoms with Crippen molar-refractivity contribution in [1.29, 1.82) is 0 Å². The molecule has 2 heterocycles. The van der Waals surface area contributed by atoms with Crippen molar-refractivity contribution in [3.63, 3.8) is 0 Å². The first-order chi connectivity index (χ1) is 11.1. The van der Waals surface area contributed by atoms with Crippen molar-refractivity contribution in [3.8, 4) is 0 Å². The quantitative estimate of drug-likeness (QED) is 0.935. The van der Waals surface area contributed by atoms with Crippen LogP contribution < -0.4 is 5.32 Å². The fourth-order valence-corrected chi connectivity index (χ4v) is 3.15. The number of hydrogen-bond donors (Lipinski definition) is 1. The third-order valence-corrected chi connectivity index (χ3v) is 4.47. The summed E-state index contributed by atoms with van der Waals surface area (Å²) < 4.78 is 1.60. The number of rotatable bonds is 4. The number of hydrogen-bond acceptors (Lipinski definition) is 3. The molecule has 1 amide bonds. The van der Waals surface area contributed by atoms with Crippen molar-refractivity contribution in [3.05, 3.63) is 52.8 Å². The van der Waals surface area contributed by atoms with Gasteiger partial charge in [0.2, 0.25) is 0 Å². The van der Waals surface area contributed by atoms with E-state index in [1.807, 2.05) is 12.1 Å². The van der Waals surface area contributed by atoms with Gasteiger partial charge in [0, 0.05) is 37.4 Å². The van der Waals surface area contributed by atoms with E-state index in [9.17, 15) is 4.79 Å². The summed E-state index contributed by atoms with van der Waals surface area (Å²) in [4.78, 5) is 14.7. The maximum atomic E-state index is 12.3. The number of aryl methyl sites for hydroxylation is 1. The molecule has 0 aliphatic carbocycles. The van der Waals surface area contributed by atoms with Crippen LogP contribution in [-0.2, 0) is 13.6 Å². The second-order valence-corrected chi connectivity index (χ2v) is 6.45. The van der Waals surface area contributed by atoms with E-state index in [0.717, 1.165) is 37.5 Å². The van der Waals surface area contributed by atoms with Crippen molar-refractivity contribution in [2.24, 2.45) is 7.05 Å². The Labute approximate surface area is 141 Å². The van der Waals surface area contributed by atoms with Crippen LogP contribution in [-0.4, -0.2) is 39.7 Å². The number of halogens is 1. The molecule has 23 heavy (non-hydrogen) atoms. The van der Waals surface area contributed by atoms with Crippen molar-refractivity contribution in [2.75, 3.05) is 13.1 Å². The van der Waals surface area contributed by atoms with E-state index in [2.05, 4.69) is 27.4 Å². The summed E-state index contributed by atoms with van der Waals surface area (Å²) >= 11 is 5.93. The van der Waals surface area contributed by atoms with Gasteiger partial charge < -0.3 is 5.32 Å². The molecule has 0 spiro atoms. The monoisotopic (exact) mass is 332 g/mol. The average Bonchev–Trinajstić information content (AvgIpc) is 2.96. The topological polar surface area (TPSA) is 50.2 Å². The lowest BCUT2D eigenvalue weighted by Gasteiger charge is -2.33. The highest BCUT2D eigenvalue weighted by molar-refractivity contribution is 6.30. The van der Waals surface area contributed by atoms with Gasteiger partial charge in [-0.2, -0.15) is 5.10 Å². The fraction of sp³-hybridized carbons (Fsp3) is 0.412. The molecule has 1 aromatic heterocycles. The molecular weight excluding hydrogens is 312 g/mol. The molecule has 0 radical (unpaired) electrons. The maximum Gasteiger partial charge on any atom is 0.269 e. The van der Waals surface area contributed by atoms with E-state index in [0.29, 0.717) is 5.69 Å². The Morgan fingerprint density at radius 1 is 1.35 bits per heavy atom. The predicted molar refractivity (Wildman–Crippen MR) is 90.4 cm³/mol. The molecular formula is C17H21ClN4O. The van der Waals surface area contributed by atoms with Gasteiger partial charge in [-0.1, -0.05) is 23.7 Å². The van der Waals surface area contributed by atoms with Gasteiger partial charge in [-0.15, -0.1) is 0 Å². The average molecular weight is 333 g/mol. The number of nitrogens with one attached hydrogen (secondary N) is 1. The Bertz CT molecular complexity index is 667. The molecule has 1 aliphatic heterocycles. The van der Waals surface area contributed by atoms with Gasteiger partial charge in [0.1, 0.15) is 5.69 Å². The first kappa shape index (κ1) is 16.0. The number of aromatic nitrogens is 2. The first-order valence-corrected chi connectivity index (χ1v) is 8.25. The number of carbonyl (C=O) groups excluding carboxylic acids is 1. The van der Waals surface area contributed by atoms with E-state index in [1.54, 1.807) is 24.0 Å². The minimum atomic E-state index is -0.0525. The molecule has 3 rings (SSSR count). The van der Waals surface area contributed by atoms with Crippen LogP contribution in [0.3, 0.4) is 0 Å². The van der Waals surface area contributed by atoms with Gasteiger partial charge >= 0.3 is 0 Å². The Kier molecular flexibility index (Phi) is 4.98. The maximum absolute atomic E-state index is 12.3. The van der Waals surface area contributed by atoms with E-state index in [-0.39, 0.29) is 11.9 Å². The van der Waals surface area contributed by atoms with Gasteiger partial charge in [0.15, 0.2) is 0 Å². The zero-order chi connectivity index (χ0) is 16.2. The lowest BCUT2D eigenvalue weighted by molar-refractivity contribution is 0.0891. The standard InChI is InChI=1S/C17H21ClN4O/c1-21-16(8-9-19-21)17(23)20-15-3-2-10-22(12-15)11-13-4-6-14(18)7-5-13/h4-9,15H,2-3,10-12H2,1H3,(H,20,23)/t15-/m0/s1.